The van der Waals surface area contributed by atoms with E-state index in [0.717, 1.165) is 47.8 Å². The summed E-state index contributed by atoms with van der Waals surface area (Å²) in [4.78, 5) is 0. The quantitative estimate of drug-likeness (QED) is 0.817. The second-order valence-corrected chi connectivity index (χ2v) is 6.52. The molecule has 0 bridgehead atoms. The van der Waals surface area contributed by atoms with Crippen LogP contribution in [0.25, 0.3) is 5.69 Å². The maximum absolute atomic E-state index is 5.83. The number of ether oxygens (including phenoxy) is 2. The third-order valence-corrected chi connectivity index (χ3v) is 5.06. The first-order valence-corrected chi connectivity index (χ1v) is 8.79. The Morgan fingerprint density at radius 1 is 1.43 bits per heavy atom. The highest BCUT2D eigenvalue weighted by Gasteiger charge is 2.18. The van der Waals surface area contributed by atoms with Crippen LogP contribution in [0.5, 0.6) is 5.75 Å². The molecule has 1 aliphatic heterocycles. The number of thioether (sulfide) groups is 1. The number of benzene rings is 1. The van der Waals surface area contributed by atoms with Gasteiger partial charge in [-0.05, 0) is 30.9 Å². The average Bonchev–Trinajstić information content (AvgIpc) is 3.04. The van der Waals surface area contributed by atoms with Gasteiger partial charge in [0.15, 0.2) is 11.0 Å². The maximum Gasteiger partial charge on any atom is 0.195 e. The Hall–Kier alpha value is -1.57. The van der Waals surface area contributed by atoms with Gasteiger partial charge in [-0.1, -0.05) is 17.8 Å². The smallest absolute Gasteiger partial charge is 0.195 e. The van der Waals surface area contributed by atoms with Gasteiger partial charge in [0.25, 0.3) is 0 Å². The Kier molecular flexibility index (Phi) is 5.53. The Bertz CT molecular complexity index is 641. The predicted octanol–water partition coefficient (Wildman–Crippen LogP) is 2.25. The lowest BCUT2D eigenvalue weighted by Gasteiger charge is -2.21. The molecule has 1 saturated heterocycles. The molecule has 1 aromatic carbocycles. The van der Waals surface area contributed by atoms with Crippen molar-refractivity contribution in [3.63, 3.8) is 0 Å². The Morgan fingerprint density at radius 3 is 3.09 bits per heavy atom. The summed E-state index contributed by atoms with van der Waals surface area (Å²) in [5, 5.41) is 9.41. The van der Waals surface area contributed by atoms with E-state index < -0.39 is 0 Å². The maximum atomic E-state index is 5.83. The summed E-state index contributed by atoms with van der Waals surface area (Å²) in [5.41, 5.74) is 6.80. The molecule has 2 aromatic rings. The SMILES string of the molecule is COc1cccc(-n2c(CN)nnc2SCC2CCCOC2)c1. The summed E-state index contributed by atoms with van der Waals surface area (Å²) < 4.78 is 12.9. The number of hydrogen-bond acceptors (Lipinski definition) is 6. The molecule has 7 heteroatoms. The molecule has 0 amide bonds. The second kappa shape index (κ2) is 7.81. The van der Waals surface area contributed by atoms with E-state index in [2.05, 4.69) is 10.2 Å². The molecule has 1 aromatic heterocycles. The fourth-order valence-electron chi connectivity index (χ4n) is 2.67. The van der Waals surface area contributed by atoms with Crippen molar-refractivity contribution < 1.29 is 9.47 Å². The number of rotatable bonds is 6. The van der Waals surface area contributed by atoms with Crippen LogP contribution in [0.4, 0.5) is 0 Å². The number of aromatic nitrogens is 3. The number of hydrogen-bond donors (Lipinski definition) is 1. The van der Waals surface area contributed by atoms with Crippen molar-refractivity contribution >= 4 is 11.8 Å². The van der Waals surface area contributed by atoms with Crippen molar-refractivity contribution in [2.45, 2.75) is 24.5 Å². The third-order valence-electron chi connectivity index (χ3n) is 3.90. The van der Waals surface area contributed by atoms with Crippen LogP contribution >= 0.6 is 11.8 Å². The average molecular weight is 334 g/mol. The molecular weight excluding hydrogens is 312 g/mol. The molecule has 0 radical (unpaired) electrons. The van der Waals surface area contributed by atoms with E-state index in [1.54, 1.807) is 18.9 Å². The molecule has 0 saturated carbocycles. The van der Waals surface area contributed by atoms with Crippen LogP contribution in [0.1, 0.15) is 18.7 Å². The largest absolute Gasteiger partial charge is 0.497 e. The lowest BCUT2D eigenvalue weighted by Crippen LogP contribution is -2.19. The molecule has 2 N–H and O–H groups in total. The van der Waals surface area contributed by atoms with Crippen molar-refractivity contribution in [3.05, 3.63) is 30.1 Å². The summed E-state index contributed by atoms with van der Waals surface area (Å²) in [7, 11) is 1.66. The van der Waals surface area contributed by atoms with Gasteiger partial charge in [0.05, 0.1) is 25.9 Å². The fourth-order valence-corrected chi connectivity index (χ4v) is 3.75. The zero-order valence-corrected chi connectivity index (χ0v) is 14.1. The van der Waals surface area contributed by atoms with Crippen LogP contribution in [-0.4, -0.2) is 40.8 Å². The van der Waals surface area contributed by atoms with Gasteiger partial charge in [0, 0.05) is 18.4 Å². The molecule has 2 heterocycles. The molecule has 124 valence electrons. The molecule has 1 aliphatic rings. The molecule has 0 aliphatic carbocycles. The molecular formula is C16H22N4O2S. The third kappa shape index (κ3) is 3.85. The van der Waals surface area contributed by atoms with Crippen LogP contribution in [0, 0.1) is 5.92 Å². The van der Waals surface area contributed by atoms with Crippen molar-refractivity contribution in [1.29, 1.82) is 0 Å². The first kappa shape index (κ1) is 16.3. The Morgan fingerprint density at radius 2 is 2.35 bits per heavy atom. The minimum atomic E-state index is 0.345. The van der Waals surface area contributed by atoms with Crippen LogP contribution in [-0.2, 0) is 11.3 Å². The van der Waals surface area contributed by atoms with Gasteiger partial charge in [-0.2, -0.15) is 0 Å². The Balaban J connectivity index is 1.81. The van der Waals surface area contributed by atoms with E-state index in [9.17, 15) is 0 Å². The topological polar surface area (TPSA) is 75.2 Å². The van der Waals surface area contributed by atoms with E-state index in [0.29, 0.717) is 12.5 Å². The predicted molar refractivity (Wildman–Crippen MR) is 90.1 cm³/mol. The van der Waals surface area contributed by atoms with Gasteiger partial charge in [0.2, 0.25) is 0 Å². The van der Waals surface area contributed by atoms with E-state index >= 15 is 0 Å². The van der Waals surface area contributed by atoms with E-state index in [1.165, 1.54) is 6.42 Å². The Labute approximate surface area is 140 Å². The molecule has 1 fully saturated rings. The molecule has 0 spiro atoms. The van der Waals surface area contributed by atoms with Gasteiger partial charge in [0.1, 0.15) is 5.75 Å². The van der Waals surface area contributed by atoms with Gasteiger partial charge in [-0.15, -0.1) is 10.2 Å². The molecule has 1 atom stereocenters. The first-order chi connectivity index (χ1) is 11.3. The summed E-state index contributed by atoms with van der Waals surface area (Å²) in [5.74, 6) is 3.11. The highest BCUT2D eigenvalue weighted by molar-refractivity contribution is 7.99. The lowest BCUT2D eigenvalue weighted by molar-refractivity contribution is 0.0632. The van der Waals surface area contributed by atoms with E-state index in [4.69, 9.17) is 15.2 Å². The zero-order chi connectivity index (χ0) is 16.1. The van der Waals surface area contributed by atoms with Crippen molar-refractivity contribution in [2.75, 3.05) is 26.1 Å². The van der Waals surface area contributed by atoms with Crippen LogP contribution in [0.15, 0.2) is 29.4 Å². The summed E-state index contributed by atoms with van der Waals surface area (Å²) >= 11 is 1.71. The number of nitrogens with two attached hydrogens (primary N) is 1. The van der Waals surface area contributed by atoms with Crippen molar-refractivity contribution in [2.24, 2.45) is 11.7 Å². The fraction of sp³-hybridized carbons (Fsp3) is 0.500. The van der Waals surface area contributed by atoms with E-state index in [-0.39, 0.29) is 0 Å². The highest BCUT2D eigenvalue weighted by atomic mass is 32.2. The van der Waals surface area contributed by atoms with Gasteiger partial charge < -0.3 is 15.2 Å². The summed E-state index contributed by atoms with van der Waals surface area (Å²) in [6.07, 6.45) is 2.35. The van der Waals surface area contributed by atoms with Crippen molar-refractivity contribution in [1.82, 2.24) is 14.8 Å². The summed E-state index contributed by atoms with van der Waals surface area (Å²) in [6.45, 7) is 2.07. The number of nitrogens with zero attached hydrogens (tertiary/aromatic N) is 3. The standard InChI is InChI=1S/C16H22N4O2S/c1-21-14-6-2-5-13(8-14)20-15(9-17)18-19-16(20)23-11-12-4-3-7-22-10-12/h2,5-6,8,12H,3-4,7,9-11,17H2,1H3. The van der Waals surface area contributed by atoms with Crippen LogP contribution in [0.2, 0.25) is 0 Å². The highest BCUT2D eigenvalue weighted by Crippen LogP contribution is 2.27. The van der Waals surface area contributed by atoms with Crippen LogP contribution < -0.4 is 10.5 Å². The monoisotopic (exact) mass is 334 g/mol. The van der Waals surface area contributed by atoms with Gasteiger partial charge in [-0.25, -0.2) is 0 Å². The zero-order valence-electron chi connectivity index (χ0n) is 13.3. The minimum Gasteiger partial charge on any atom is -0.497 e. The molecule has 23 heavy (non-hydrogen) atoms. The van der Waals surface area contributed by atoms with Crippen molar-refractivity contribution in [3.8, 4) is 11.4 Å². The number of methoxy groups -OCH3 is 1. The normalized spacial score (nSPS) is 18.1. The molecule has 1 unspecified atom stereocenters. The van der Waals surface area contributed by atoms with Gasteiger partial charge in [-0.3, -0.25) is 4.57 Å². The van der Waals surface area contributed by atoms with Gasteiger partial charge >= 0.3 is 0 Å². The first-order valence-electron chi connectivity index (χ1n) is 7.81. The van der Waals surface area contributed by atoms with Crippen LogP contribution in [0.3, 0.4) is 0 Å². The van der Waals surface area contributed by atoms with E-state index in [1.807, 2.05) is 28.8 Å². The minimum absolute atomic E-state index is 0.345. The lowest BCUT2D eigenvalue weighted by atomic mass is 10.1. The second-order valence-electron chi connectivity index (χ2n) is 5.53. The summed E-state index contributed by atoms with van der Waals surface area (Å²) in [6, 6.07) is 7.86. The molecule has 6 nitrogen and oxygen atoms in total. The molecule has 3 rings (SSSR count).